The molecular formula is C14H21BrF3NO2. The predicted octanol–water partition coefficient (Wildman–Crippen LogP) is 3.42. The number of carbonyl (C=O) groups is 1. The van der Waals surface area contributed by atoms with Crippen molar-refractivity contribution in [2.45, 2.75) is 50.2 Å². The minimum Gasteiger partial charge on any atom is -0.381 e. The van der Waals surface area contributed by atoms with Gasteiger partial charge in [-0.3, -0.25) is 4.79 Å². The summed E-state index contributed by atoms with van der Waals surface area (Å²) in [5, 5.41) is 3.43. The van der Waals surface area contributed by atoms with E-state index in [-0.39, 0.29) is 6.42 Å². The number of amides is 1. The van der Waals surface area contributed by atoms with Gasteiger partial charge in [-0.2, -0.15) is 13.2 Å². The second-order valence-electron chi connectivity index (χ2n) is 6.05. The molecule has 1 aliphatic carbocycles. The number of hydrogen-bond acceptors (Lipinski definition) is 2. The molecule has 1 amide bonds. The van der Waals surface area contributed by atoms with Crippen LogP contribution in [0.25, 0.3) is 0 Å². The van der Waals surface area contributed by atoms with Gasteiger partial charge in [0.1, 0.15) is 0 Å². The number of halogens is 4. The lowest BCUT2D eigenvalue weighted by Gasteiger charge is -2.39. The summed E-state index contributed by atoms with van der Waals surface area (Å²) in [6.45, 7) is 1.05. The van der Waals surface area contributed by atoms with Crippen LogP contribution in [0.15, 0.2) is 0 Å². The lowest BCUT2D eigenvalue weighted by Crippen LogP contribution is -2.56. The molecular weight excluding hydrogens is 351 g/mol. The highest BCUT2D eigenvalue weighted by Crippen LogP contribution is 2.42. The molecule has 0 aromatic rings. The Morgan fingerprint density at radius 2 is 1.86 bits per heavy atom. The van der Waals surface area contributed by atoms with E-state index in [1.807, 2.05) is 0 Å². The molecule has 2 rings (SSSR count). The zero-order valence-electron chi connectivity index (χ0n) is 11.8. The second-order valence-corrected chi connectivity index (χ2v) is 6.62. The third kappa shape index (κ3) is 4.12. The Bertz CT molecular complexity index is 370. The Morgan fingerprint density at radius 1 is 1.24 bits per heavy atom. The van der Waals surface area contributed by atoms with Gasteiger partial charge < -0.3 is 10.1 Å². The normalized spacial score (nSPS) is 29.9. The molecule has 7 heteroatoms. The quantitative estimate of drug-likeness (QED) is 0.772. The molecule has 3 nitrogen and oxygen atoms in total. The van der Waals surface area contributed by atoms with Gasteiger partial charge in [-0.1, -0.05) is 28.8 Å². The molecule has 21 heavy (non-hydrogen) atoms. The summed E-state index contributed by atoms with van der Waals surface area (Å²) < 4.78 is 44.6. The Balaban J connectivity index is 2.06. The maximum atomic E-state index is 13.1. The molecule has 1 heterocycles. The van der Waals surface area contributed by atoms with Crippen LogP contribution < -0.4 is 5.32 Å². The highest BCUT2D eigenvalue weighted by atomic mass is 79.9. The molecule has 122 valence electrons. The molecule has 1 saturated carbocycles. The molecule has 1 saturated heterocycles. The lowest BCUT2D eigenvalue weighted by atomic mass is 9.77. The van der Waals surface area contributed by atoms with E-state index in [0.717, 1.165) is 0 Å². The SMILES string of the molecule is O=C(NC1(CBr)CCOCC1)C1CCCCC1C(F)(F)F. The summed E-state index contributed by atoms with van der Waals surface area (Å²) in [7, 11) is 0. The summed E-state index contributed by atoms with van der Waals surface area (Å²) in [6, 6.07) is 0. The summed E-state index contributed by atoms with van der Waals surface area (Å²) in [6.07, 6.45) is -1.40. The summed E-state index contributed by atoms with van der Waals surface area (Å²) in [5.41, 5.74) is -0.469. The van der Waals surface area contributed by atoms with Crippen LogP contribution >= 0.6 is 15.9 Å². The van der Waals surface area contributed by atoms with Crippen LogP contribution in [0.5, 0.6) is 0 Å². The third-order valence-corrected chi connectivity index (χ3v) is 5.69. The molecule has 2 unspecified atom stereocenters. The van der Waals surface area contributed by atoms with E-state index in [1.165, 1.54) is 0 Å². The molecule has 2 aliphatic rings. The number of ether oxygens (including phenoxy) is 1. The summed E-state index contributed by atoms with van der Waals surface area (Å²) in [4.78, 5) is 12.4. The Kier molecular flexibility index (Phi) is 5.57. The fourth-order valence-electron chi connectivity index (χ4n) is 3.24. The van der Waals surface area contributed by atoms with E-state index in [1.54, 1.807) is 0 Å². The van der Waals surface area contributed by atoms with Crippen LogP contribution in [0.3, 0.4) is 0 Å². The monoisotopic (exact) mass is 371 g/mol. The number of hydrogen-bond donors (Lipinski definition) is 1. The van der Waals surface area contributed by atoms with E-state index >= 15 is 0 Å². The number of rotatable bonds is 3. The third-order valence-electron chi connectivity index (χ3n) is 4.62. The standard InChI is InChI=1S/C14H21BrF3NO2/c15-9-13(5-7-21-8-6-13)19-12(20)10-3-1-2-4-11(10)14(16,17)18/h10-11H,1-9H2,(H,19,20). The van der Waals surface area contributed by atoms with Crippen LogP contribution in [0.2, 0.25) is 0 Å². The van der Waals surface area contributed by atoms with Gasteiger partial charge in [0.2, 0.25) is 5.91 Å². The van der Waals surface area contributed by atoms with Crippen molar-refractivity contribution in [3.8, 4) is 0 Å². The Labute approximate surface area is 131 Å². The first-order chi connectivity index (χ1) is 9.88. The Hall–Kier alpha value is -0.300. The van der Waals surface area contributed by atoms with E-state index in [0.29, 0.717) is 50.6 Å². The largest absolute Gasteiger partial charge is 0.392 e. The molecule has 0 aromatic carbocycles. The average molecular weight is 372 g/mol. The van der Waals surface area contributed by atoms with E-state index in [4.69, 9.17) is 4.74 Å². The van der Waals surface area contributed by atoms with E-state index in [9.17, 15) is 18.0 Å². The maximum absolute atomic E-state index is 13.1. The predicted molar refractivity (Wildman–Crippen MR) is 76.2 cm³/mol. The van der Waals surface area contributed by atoms with Crippen LogP contribution in [0, 0.1) is 11.8 Å². The smallest absolute Gasteiger partial charge is 0.381 e. The van der Waals surface area contributed by atoms with Crippen molar-refractivity contribution < 1.29 is 22.7 Å². The van der Waals surface area contributed by atoms with Gasteiger partial charge in [0, 0.05) is 24.5 Å². The van der Waals surface area contributed by atoms with Crippen molar-refractivity contribution in [3.05, 3.63) is 0 Å². The van der Waals surface area contributed by atoms with Gasteiger partial charge in [0.05, 0.1) is 11.5 Å². The Morgan fingerprint density at radius 3 is 2.43 bits per heavy atom. The zero-order valence-corrected chi connectivity index (χ0v) is 13.4. The molecule has 1 aliphatic heterocycles. The molecule has 2 fully saturated rings. The maximum Gasteiger partial charge on any atom is 0.392 e. The minimum absolute atomic E-state index is 0.0615. The number of nitrogens with one attached hydrogen (secondary N) is 1. The van der Waals surface area contributed by atoms with Crippen LogP contribution in [0.1, 0.15) is 38.5 Å². The molecule has 0 bridgehead atoms. The van der Waals surface area contributed by atoms with E-state index < -0.39 is 29.5 Å². The molecule has 0 aromatic heterocycles. The molecule has 0 radical (unpaired) electrons. The van der Waals surface area contributed by atoms with Gasteiger partial charge in [0.25, 0.3) is 0 Å². The average Bonchev–Trinajstić information content (AvgIpc) is 2.47. The van der Waals surface area contributed by atoms with Gasteiger partial charge in [-0.05, 0) is 25.7 Å². The zero-order chi connectivity index (χ0) is 15.5. The van der Waals surface area contributed by atoms with Crippen molar-refractivity contribution >= 4 is 21.8 Å². The fraction of sp³-hybridized carbons (Fsp3) is 0.929. The first-order valence-corrected chi connectivity index (χ1v) is 8.52. The summed E-state index contributed by atoms with van der Waals surface area (Å²) in [5.74, 6) is -2.89. The van der Waals surface area contributed by atoms with Gasteiger partial charge in [-0.25, -0.2) is 0 Å². The van der Waals surface area contributed by atoms with Crippen molar-refractivity contribution in [1.82, 2.24) is 5.32 Å². The van der Waals surface area contributed by atoms with E-state index in [2.05, 4.69) is 21.2 Å². The van der Waals surface area contributed by atoms with Gasteiger partial charge in [-0.15, -0.1) is 0 Å². The van der Waals surface area contributed by atoms with Crippen molar-refractivity contribution in [1.29, 1.82) is 0 Å². The number of carbonyl (C=O) groups excluding carboxylic acids is 1. The van der Waals surface area contributed by atoms with Crippen molar-refractivity contribution in [2.24, 2.45) is 11.8 Å². The van der Waals surface area contributed by atoms with Crippen molar-refractivity contribution in [2.75, 3.05) is 18.5 Å². The topological polar surface area (TPSA) is 38.3 Å². The molecule has 0 spiro atoms. The van der Waals surface area contributed by atoms with Crippen molar-refractivity contribution in [3.63, 3.8) is 0 Å². The van der Waals surface area contributed by atoms with Gasteiger partial charge >= 0.3 is 6.18 Å². The first kappa shape index (κ1) is 17.1. The molecule has 2 atom stereocenters. The summed E-state index contributed by atoms with van der Waals surface area (Å²) >= 11 is 3.38. The van der Waals surface area contributed by atoms with Crippen LogP contribution in [0.4, 0.5) is 13.2 Å². The lowest BCUT2D eigenvalue weighted by molar-refractivity contribution is -0.198. The van der Waals surface area contributed by atoms with Crippen LogP contribution in [-0.2, 0) is 9.53 Å². The molecule has 1 N–H and O–H groups in total. The minimum atomic E-state index is -4.29. The van der Waals surface area contributed by atoms with Crippen LogP contribution in [-0.4, -0.2) is 36.2 Å². The first-order valence-electron chi connectivity index (χ1n) is 7.40. The van der Waals surface area contributed by atoms with Gasteiger partial charge in [0.15, 0.2) is 0 Å². The highest BCUT2D eigenvalue weighted by Gasteiger charge is 2.49. The number of alkyl halides is 4. The fourth-order valence-corrected chi connectivity index (χ4v) is 3.95. The highest BCUT2D eigenvalue weighted by molar-refractivity contribution is 9.09. The second kappa shape index (κ2) is 6.86.